The van der Waals surface area contributed by atoms with Gasteiger partial charge in [0.05, 0.1) is 6.20 Å². The number of thiazole rings is 1. The number of hydrogen-bond acceptors (Lipinski definition) is 5. The van der Waals surface area contributed by atoms with E-state index in [0.717, 1.165) is 53.8 Å². The Balaban J connectivity index is 1.62. The predicted molar refractivity (Wildman–Crippen MR) is 101 cm³/mol. The highest BCUT2D eigenvalue weighted by molar-refractivity contribution is 7.93. The first-order valence-electron chi connectivity index (χ1n) is 8.36. The fourth-order valence-electron chi connectivity index (χ4n) is 3.20. The largest absolute Gasteiger partial charge is 0.383 e. The van der Waals surface area contributed by atoms with Crippen molar-refractivity contribution in [2.24, 2.45) is 9.50 Å². The fourth-order valence-corrected chi connectivity index (χ4v) is 5.26. The van der Waals surface area contributed by atoms with E-state index in [9.17, 15) is 14.1 Å². The number of aryl methyl sites for hydroxylation is 2. The molecule has 0 fully saturated rings. The smallest absolute Gasteiger partial charge is 0.354 e. The van der Waals surface area contributed by atoms with Crippen molar-refractivity contribution in [3.8, 4) is 0 Å². The summed E-state index contributed by atoms with van der Waals surface area (Å²) in [5.41, 5.74) is 4.49. The van der Waals surface area contributed by atoms with E-state index in [4.69, 9.17) is 5.14 Å². The molecule has 2 aliphatic carbocycles. The zero-order valence-electron chi connectivity index (χ0n) is 14.5. The van der Waals surface area contributed by atoms with Crippen molar-refractivity contribution in [1.82, 2.24) is 4.98 Å². The normalized spacial score (nSPS) is 17.2. The molecule has 1 heterocycles. The highest BCUT2D eigenvalue weighted by Crippen LogP contribution is 2.40. The number of nitrogens with one attached hydrogen (secondary N) is 1. The number of hydrogen-bond donors (Lipinski definition) is 3. The lowest BCUT2D eigenvalue weighted by molar-refractivity contribution is 0.0783. The Hall–Kier alpha value is -1.81. The van der Waals surface area contributed by atoms with Crippen LogP contribution in [0, 0.1) is 0 Å². The number of fused-ring (bicyclic) bond motifs is 2. The third-order valence-corrected chi connectivity index (χ3v) is 7.95. The minimum Gasteiger partial charge on any atom is -0.383 e. The third kappa shape index (κ3) is 2.94. The first kappa shape index (κ1) is 17.6. The quantitative estimate of drug-likeness (QED) is 0.744. The van der Waals surface area contributed by atoms with Crippen LogP contribution in [0.1, 0.15) is 41.1 Å². The third-order valence-electron chi connectivity index (χ3n) is 4.76. The number of carbonyl (C=O) groups excluding carboxylic acids is 1. The van der Waals surface area contributed by atoms with E-state index in [1.54, 1.807) is 13.8 Å². The van der Waals surface area contributed by atoms with Gasteiger partial charge >= 0.3 is 6.03 Å². The molecule has 4 N–H and O–H groups in total. The van der Waals surface area contributed by atoms with Gasteiger partial charge in [0, 0.05) is 5.69 Å². The highest BCUT2D eigenvalue weighted by atomic mass is 32.2. The SMILES string of the molecule is CC(C)(O)c1ncc([S@](N)(=O)=NC(=O)Nc2c3c(cc4c2CC4)CC3)s1. The van der Waals surface area contributed by atoms with Gasteiger partial charge in [-0.3, -0.25) is 0 Å². The van der Waals surface area contributed by atoms with Gasteiger partial charge in [0.25, 0.3) is 0 Å². The van der Waals surface area contributed by atoms with Crippen LogP contribution >= 0.6 is 11.3 Å². The summed E-state index contributed by atoms with van der Waals surface area (Å²) >= 11 is 0.993. The van der Waals surface area contributed by atoms with Crippen LogP contribution in [0.25, 0.3) is 0 Å². The molecule has 2 aromatic rings. The van der Waals surface area contributed by atoms with Crippen molar-refractivity contribution >= 4 is 33.0 Å². The molecule has 1 aromatic heterocycles. The van der Waals surface area contributed by atoms with Gasteiger partial charge in [0.2, 0.25) is 0 Å². The summed E-state index contributed by atoms with van der Waals surface area (Å²) in [6.07, 6.45) is 5.21. The minimum atomic E-state index is -3.42. The zero-order valence-corrected chi connectivity index (χ0v) is 16.2. The fraction of sp³-hybridized carbons (Fsp3) is 0.412. The number of aromatic nitrogens is 1. The van der Waals surface area contributed by atoms with Gasteiger partial charge in [-0.05, 0) is 61.8 Å². The molecule has 0 spiro atoms. The van der Waals surface area contributed by atoms with E-state index in [1.165, 1.54) is 17.3 Å². The van der Waals surface area contributed by atoms with Crippen LogP contribution in [0.2, 0.25) is 0 Å². The zero-order chi connectivity index (χ0) is 18.7. The number of rotatable bonds is 3. The molecule has 2 aliphatic rings. The number of nitrogens with zero attached hydrogens (tertiary/aromatic N) is 2. The number of nitrogens with two attached hydrogens (primary N) is 1. The minimum absolute atomic E-state index is 0.166. The van der Waals surface area contributed by atoms with Crippen molar-refractivity contribution < 1.29 is 14.1 Å². The Kier molecular flexibility index (Phi) is 3.96. The number of aliphatic hydroxyl groups is 1. The summed E-state index contributed by atoms with van der Waals surface area (Å²) in [6, 6.07) is 1.50. The molecular weight excluding hydrogens is 372 g/mol. The molecular formula is C17H20N4O3S2. The topological polar surface area (TPSA) is 118 Å². The Morgan fingerprint density at radius 3 is 2.38 bits per heavy atom. The second kappa shape index (κ2) is 5.85. The van der Waals surface area contributed by atoms with Crippen molar-refractivity contribution in [2.75, 3.05) is 5.32 Å². The highest BCUT2D eigenvalue weighted by Gasteiger charge is 2.28. The number of urea groups is 1. The standard InChI is InChI=1S/C17H20N4O3S2/c1-17(2,23)15-19-8-13(25-15)26(18,24)21-16(22)20-14-11-5-3-9(11)7-10-4-6-12(10)14/h7-8,23H,3-6H2,1-2H3,(H3,18,20,21,22,24)/t26-/m1/s1. The molecule has 0 saturated carbocycles. The Morgan fingerprint density at radius 2 is 1.92 bits per heavy atom. The number of anilines is 1. The number of amides is 2. The molecule has 7 nitrogen and oxygen atoms in total. The van der Waals surface area contributed by atoms with Crippen LogP contribution < -0.4 is 10.5 Å². The van der Waals surface area contributed by atoms with Crippen LogP contribution in [0.15, 0.2) is 20.8 Å². The molecule has 26 heavy (non-hydrogen) atoms. The maximum absolute atomic E-state index is 12.7. The van der Waals surface area contributed by atoms with Gasteiger partial charge in [-0.1, -0.05) is 6.07 Å². The monoisotopic (exact) mass is 392 g/mol. The molecule has 0 aliphatic heterocycles. The van der Waals surface area contributed by atoms with Crippen LogP contribution in [0.5, 0.6) is 0 Å². The molecule has 138 valence electrons. The maximum atomic E-state index is 12.7. The summed E-state index contributed by atoms with van der Waals surface area (Å²) in [5, 5.41) is 18.9. The lowest BCUT2D eigenvalue weighted by Crippen LogP contribution is -2.24. The van der Waals surface area contributed by atoms with Crippen LogP contribution in [0.4, 0.5) is 10.5 Å². The van der Waals surface area contributed by atoms with Crippen LogP contribution in [0.3, 0.4) is 0 Å². The summed E-state index contributed by atoms with van der Waals surface area (Å²) < 4.78 is 16.6. The molecule has 1 atom stereocenters. The second-order valence-electron chi connectivity index (χ2n) is 7.16. The maximum Gasteiger partial charge on any atom is 0.354 e. The van der Waals surface area contributed by atoms with Crippen molar-refractivity contribution in [3.05, 3.63) is 39.5 Å². The van der Waals surface area contributed by atoms with Crippen molar-refractivity contribution in [2.45, 2.75) is 49.3 Å². The Labute approximate surface area is 156 Å². The number of benzene rings is 1. The second-order valence-corrected chi connectivity index (χ2v) is 10.2. The predicted octanol–water partition coefficient (Wildman–Crippen LogP) is 2.50. The average molecular weight is 393 g/mol. The average Bonchev–Trinajstić information content (AvgIpc) is 2.93. The van der Waals surface area contributed by atoms with E-state index in [1.807, 2.05) is 0 Å². The summed E-state index contributed by atoms with van der Waals surface area (Å²) in [5.74, 6) is 0. The Morgan fingerprint density at radius 1 is 1.31 bits per heavy atom. The first-order valence-corrected chi connectivity index (χ1v) is 10.8. The van der Waals surface area contributed by atoms with Gasteiger partial charge in [0.1, 0.15) is 14.8 Å². The lowest BCUT2D eigenvalue weighted by atomic mass is 9.76. The van der Waals surface area contributed by atoms with Crippen molar-refractivity contribution in [1.29, 1.82) is 0 Å². The summed E-state index contributed by atoms with van der Waals surface area (Å²) in [7, 11) is -3.42. The molecule has 0 unspecified atom stereocenters. The number of carbonyl (C=O) groups is 1. The van der Waals surface area contributed by atoms with Crippen LogP contribution in [-0.4, -0.2) is 20.3 Å². The van der Waals surface area contributed by atoms with Crippen LogP contribution in [-0.2, 0) is 41.2 Å². The van der Waals surface area contributed by atoms with Gasteiger partial charge in [-0.2, -0.15) is 0 Å². The van der Waals surface area contributed by atoms with E-state index in [-0.39, 0.29) is 4.21 Å². The molecule has 9 heteroatoms. The van der Waals surface area contributed by atoms with E-state index < -0.39 is 21.5 Å². The van der Waals surface area contributed by atoms with Crippen molar-refractivity contribution in [3.63, 3.8) is 0 Å². The lowest BCUT2D eigenvalue weighted by Gasteiger charge is -2.31. The molecule has 2 amide bonds. The molecule has 0 bridgehead atoms. The molecule has 0 saturated heterocycles. The van der Waals surface area contributed by atoms with E-state index in [2.05, 4.69) is 20.7 Å². The molecule has 0 radical (unpaired) electrons. The summed E-state index contributed by atoms with van der Waals surface area (Å²) in [6.45, 7) is 3.14. The van der Waals surface area contributed by atoms with E-state index >= 15 is 0 Å². The molecule has 4 rings (SSSR count). The molecule has 1 aromatic carbocycles. The van der Waals surface area contributed by atoms with Gasteiger partial charge in [0.15, 0.2) is 9.92 Å². The van der Waals surface area contributed by atoms with Gasteiger partial charge in [-0.25, -0.2) is 19.1 Å². The first-order chi connectivity index (χ1) is 12.1. The van der Waals surface area contributed by atoms with Gasteiger partial charge in [-0.15, -0.1) is 15.7 Å². The summed E-state index contributed by atoms with van der Waals surface area (Å²) in [4.78, 5) is 16.4. The Bertz CT molecular complexity index is 1010. The van der Waals surface area contributed by atoms with Gasteiger partial charge < -0.3 is 10.4 Å². The van der Waals surface area contributed by atoms with E-state index in [0.29, 0.717) is 5.01 Å².